The number of carbonyl (C=O) groups is 2. The summed E-state index contributed by atoms with van der Waals surface area (Å²) in [5, 5.41) is 8.91. The van der Waals surface area contributed by atoms with Gasteiger partial charge in [-0.2, -0.15) is 0 Å². The first kappa shape index (κ1) is 9.90. The molecule has 1 atom stereocenters. The topological polar surface area (TPSA) is 54.4 Å². The van der Waals surface area contributed by atoms with E-state index in [2.05, 4.69) is 0 Å². The van der Waals surface area contributed by atoms with E-state index in [1.54, 1.807) is 6.07 Å². The molecule has 78 valence electrons. The van der Waals surface area contributed by atoms with Crippen LogP contribution in [0, 0.1) is 5.92 Å². The molecule has 3 nitrogen and oxygen atoms in total. The van der Waals surface area contributed by atoms with Crippen LogP contribution in [0.25, 0.3) is 0 Å². The Bertz CT molecular complexity index is 446. The summed E-state index contributed by atoms with van der Waals surface area (Å²) in [7, 11) is 0. The maximum absolute atomic E-state index is 11.8. The highest BCUT2D eigenvalue weighted by molar-refractivity contribution is 6.16. The summed E-state index contributed by atoms with van der Waals surface area (Å²) in [6.45, 7) is 3.94. The van der Waals surface area contributed by atoms with Crippen molar-refractivity contribution in [2.24, 2.45) is 5.92 Å². The van der Waals surface area contributed by atoms with Gasteiger partial charge in [-0.05, 0) is 17.5 Å². The van der Waals surface area contributed by atoms with Crippen LogP contribution in [0.2, 0.25) is 0 Å². The van der Waals surface area contributed by atoms with Crippen molar-refractivity contribution in [3.63, 3.8) is 0 Å². The summed E-state index contributed by atoms with van der Waals surface area (Å²) in [5.41, 5.74) is 1.42. The number of fused-ring (bicyclic) bond motifs is 1. The van der Waals surface area contributed by atoms with E-state index >= 15 is 0 Å². The molecule has 1 aromatic carbocycles. The molecule has 1 aliphatic carbocycles. The van der Waals surface area contributed by atoms with Gasteiger partial charge in [-0.25, -0.2) is 4.79 Å². The lowest BCUT2D eigenvalue weighted by Crippen LogP contribution is -2.32. The van der Waals surface area contributed by atoms with Gasteiger partial charge in [0.1, 0.15) is 0 Å². The molecule has 0 heterocycles. The van der Waals surface area contributed by atoms with E-state index in [0.29, 0.717) is 5.56 Å². The lowest BCUT2D eigenvalue weighted by atomic mass is 9.69. The Hall–Kier alpha value is -1.64. The zero-order chi connectivity index (χ0) is 11.2. The van der Waals surface area contributed by atoms with E-state index in [1.165, 1.54) is 6.07 Å². The van der Waals surface area contributed by atoms with Crippen molar-refractivity contribution in [1.82, 2.24) is 0 Å². The van der Waals surface area contributed by atoms with Gasteiger partial charge in [0.15, 0.2) is 5.78 Å². The van der Waals surface area contributed by atoms with Crippen molar-refractivity contribution in [2.45, 2.75) is 19.8 Å². The monoisotopic (exact) mass is 204 g/mol. The predicted molar refractivity (Wildman–Crippen MR) is 55.3 cm³/mol. The van der Waals surface area contributed by atoms with Gasteiger partial charge in [0.25, 0.3) is 0 Å². The molecule has 0 radical (unpaired) electrons. The minimum absolute atomic E-state index is 0.0296. The van der Waals surface area contributed by atoms with Gasteiger partial charge in [-0.1, -0.05) is 26.0 Å². The average Bonchev–Trinajstić information content (AvgIpc) is 2.15. The van der Waals surface area contributed by atoms with Crippen LogP contribution in [0.4, 0.5) is 0 Å². The first-order valence-corrected chi connectivity index (χ1v) is 4.94. The van der Waals surface area contributed by atoms with Crippen molar-refractivity contribution in [1.29, 1.82) is 0 Å². The molecular formula is C12H12O3. The molecule has 0 spiro atoms. The summed E-state index contributed by atoms with van der Waals surface area (Å²) in [6, 6.07) is 5.02. The van der Waals surface area contributed by atoms with Gasteiger partial charge in [0, 0.05) is 5.56 Å². The van der Waals surface area contributed by atoms with Gasteiger partial charge in [-0.15, -0.1) is 0 Å². The van der Waals surface area contributed by atoms with Gasteiger partial charge < -0.3 is 5.11 Å². The first-order valence-electron chi connectivity index (χ1n) is 4.94. The summed E-state index contributed by atoms with van der Waals surface area (Å²) >= 11 is 0. The minimum Gasteiger partial charge on any atom is -0.478 e. The molecule has 0 saturated heterocycles. The fourth-order valence-corrected chi connectivity index (χ4v) is 2.16. The summed E-state index contributed by atoms with van der Waals surface area (Å²) in [4.78, 5) is 22.6. The van der Waals surface area contributed by atoms with Gasteiger partial charge in [0.05, 0.1) is 11.5 Å². The number of hydrogen-bond donors (Lipinski definition) is 1. The third-order valence-corrected chi connectivity index (χ3v) is 2.86. The third-order valence-electron chi connectivity index (χ3n) is 2.86. The van der Waals surface area contributed by atoms with E-state index < -0.39 is 5.97 Å². The average molecular weight is 204 g/mol. The normalized spacial score (nSPS) is 18.6. The highest BCUT2D eigenvalue weighted by Gasteiger charge is 2.40. The highest BCUT2D eigenvalue weighted by Crippen LogP contribution is 2.41. The smallest absolute Gasteiger partial charge is 0.336 e. The molecule has 15 heavy (non-hydrogen) atoms. The second-order valence-electron chi connectivity index (χ2n) is 4.16. The van der Waals surface area contributed by atoms with Crippen molar-refractivity contribution in [3.8, 4) is 0 Å². The minimum atomic E-state index is -1.03. The number of carboxylic acids is 1. The molecule has 0 aromatic heterocycles. The number of carboxylic acid groups (broad SMARTS) is 1. The molecule has 0 bridgehead atoms. The molecule has 1 aromatic rings. The SMILES string of the molecule is CC(C)C1C(=O)c2c(C(=O)O)cccc21. The van der Waals surface area contributed by atoms with Crippen LogP contribution < -0.4 is 0 Å². The van der Waals surface area contributed by atoms with E-state index in [-0.39, 0.29) is 23.2 Å². The fraction of sp³-hybridized carbons (Fsp3) is 0.333. The van der Waals surface area contributed by atoms with Gasteiger partial charge >= 0.3 is 5.97 Å². The maximum Gasteiger partial charge on any atom is 0.336 e. The van der Waals surface area contributed by atoms with E-state index in [0.717, 1.165) is 5.56 Å². The predicted octanol–water partition coefficient (Wildman–Crippen LogP) is 2.32. The number of aromatic carboxylic acids is 1. The molecule has 3 heteroatoms. The molecule has 1 aliphatic rings. The number of ketones is 1. The van der Waals surface area contributed by atoms with Crippen LogP contribution in [-0.4, -0.2) is 16.9 Å². The quantitative estimate of drug-likeness (QED) is 0.804. The second kappa shape index (κ2) is 3.19. The molecule has 0 fully saturated rings. The Morgan fingerprint density at radius 1 is 1.40 bits per heavy atom. The van der Waals surface area contributed by atoms with Crippen LogP contribution in [0.1, 0.15) is 46.0 Å². The number of rotatable bonds is 2. The number of Topliss-reactive ketones (excluding diaryl/α,β-unsaturated/α-hetero) is 1. The van der Waals surface area contributed by atoms with Crippen molar-refractivity contribution < 1.29 is 14.7 Å². The Kier molecular flexibility index (Phi) is 2.11. The molecule has 1 N–H and O–H groups in total. The Labute approximate surface area is 87.7 Å². The molecular weight excluding hydrogens is 192 g/mol. The largest absolute Gasteiger partial charge is 0.478 e. The maximum atomic E-state index is 11.8. The molecule has 1 unspecified atom stereocenters. The molecule has 0 saturated carbocycles. The van der Waals surface area contributed by atoms with Crippen molar-refractivity contribution in [3.05, 3.63) is 34.9 Å². The zero-order valence-corrected chi connectivity index (χ0v) is 8.65. The van der Waals surface area contributed by atoms with Crippen LogP contribution in [0.3, 0.4) is 0 Å². The summed E-state index contributed by atoms with van der Waals surface area (Å²) < 4.78 is 0. The van der Waals surface area contributed by atoms with Crippen LogP contribution in [0.15, 0.2) is 18.2 Å². The Morgan fingerprint density at radius 3 is 2.60 bits per heavy atom. The molecule has 2 rings (SSSR count). The van der Waals surface area contributed by atoms with Crippen LogP contribution >= 0.6 is 0 Å². The number of carbonyl (C=O) groups excluding carboxylic acids is 1. The standard InChI is InChI=1S/C12H12O3/c1-6(2)9-7-4-3-5-8(12(14)15)10(7)11(9)13/h3-6,9H,1-2H3,(H,14,15). The molecule has 0 aliphatic heterocycles. The molecule has 0 amide bonds. The summed E-state index contributed by atoms with van der Waals surface area (Å²) in [6.07, 6.45) is 0. The first-order chi connectivity index (χ1) is 7.04. The Morgan fingerprint density at radius 2 is 2.07 bits per heavy atom. The van der Waals surface area contributed by atoms with Crippen molar-refractivity contribution in [2.75, 3.05) is 0 Å². The number of benzene rings is 1. The highest BCUT2D eigenvalue weighted by atomic mass is 16.4. The lowest BCUT2D eigenvalue weighted by Gasteiger charge is -2.32. The van der Waals surface area contributed by atoms with Gasteiger partial charge in [-0.3, -0.25) is 4.79 Å². The van der Waals surface area contributed by atoms with Crippen LogP contribution in [0.5, 0.6) is 0 Å². The van der Waals surface area contributed by atoms with E-state index in [9.17, 15) is 9.59 Å². The third kappa shape index (κ3) is 1.27. The van der Waals surface area contributed by atoms with E-state index in [4.69, 9.17) is 5.11 Å². The van der Waals surface area contributed by atoms with Gasteiger partial charge in [0.2, 0.25) is 0 Å². The zero-order valence-electron chi connectivity index (χ0n) is 8.65. The van der Waals surface area contributed by atoms with E-state index in [1.807, 2.05) is 19.9 Å². The summed E-state index contributed by atoms with van der Waals surface area (Å²) in [5.74, 6) is -0.936. The second-order valence-corrected chi connectivity index (χ2v) is 4.16. The fourth-order valence-electron chi connectivity index (χ4n) is 2.16. The Balaban J connectivity index is 2.54. The van der Waals surface area contributed by atoms with Crippen molar-refractivity contribution >= 4 is 11.8 Å². The number of hydrogen-bond acceptors (Lipinski definition) is 2. The lowest BCUT2D eigenvalue weighted by molar-refractivity contribution is 0.0686. The van der Waals surface area contributed by atoms with Crippen LogP contribution in [-0.2, 0) is 0 Å².